The number of nitrogens with one attached hydrogen (secondary N) is 1. The first-order valence-corrected chi connectivity index (χ1v) is 6.34. The summed E-state index contributed by atoms with van der Waals surface area (Å²) in [6.07, 6.45) is 0.633. The van der Waals surface area contributed by atoms with Gasteiger partial charge in [-0.25, -0.2) is 8.42 Å². The minimum atomic E-state index is -3.11. The Bertz CT molecular complexity index is 452. The molecule has 2 heterocycles. The van der Waals surface area contributed by atoms with Gasteiger partial charge in [-0.3, -0.25) is 4.68 Å². The molecule has 1 aliphatic heterocycles. The van der Waals surface area contributed by atoms with Crippen molar-refractivity contribution >= 4 is 9.84 Å². The quantitative estimate of drug-likeness (QED) is 0.724. The number of nitrogens with zero attached hydrogens (tertiary/aromatic N) is 2. The van der Waals surface area contributed by atoms with E-state index < -0.39 is 9.84 Å². The number of aromatic nitrogens is 2. The van der Waals surface area contributed by atoms with Crippen LogP contribution in [0.4, 0.5) is 0 Å². The maximum atomic E-state index is 11.6. The summed E-state index contributed by atoms with van der Waals surface area (Å²) >= 11 is 0. The lowest BCUT2D eigenvalue weighted by Gasteiger charge is -2.12. The molecule has 7 heteroatoms. The summed E-state index contributed by atoms with van der Waals surface area (Å²) in [5.74, 6) is 0.218. The van der Waals surface area contributed by atoms with Crippen molar-refractivity contribution in [2.24, 2.45) is 0 Å². The first-order chi connectivity index (χ1) is 7.13. The summed E-state index contributed by atoms with van der Waals surface area (Å²) in [7, 11) is -1.61. The van der Waals surface area contributed by atoms with Crippen molar-refractivity contribution in [1.82, 2.24) is 15.3 Å². The molecule has 0 radical (unpaired) electrons. The Morgan fingerprint density at radius 1 is 1.67 bits per heavy atom. The predicted octanol–water partition coefficient (Wildman–Crippen LogP) is -0.289. The molecule has 1 aliphatic rings. The van der Waals surface area contributed by atoms with Crippen LogP contribution in [0.5, 0.6) is 0 Å². The van der Waals surface area contributed by atoms with Gasteiger partial charge in [-0.1, -0.05) is 0 Å². The first-order valence-electron chi connectivity index (χ1n) is 4.69. The maximum Gasteiger partial charge on any atom is 0.195 e. The van der Waals surface area contributed by atoms with Crippen molar-refractivity contribution in [2.45, 2.75) is 24.5 Å². The van der Waals surface area contributed by atoms with E-state index in [2.05, 4.69) is 15.4 Å². The van der Waals surface area contributed by atoms with Crippen LogP contribution < -0.4 is 5.48 Å². The second-order valence-corrected chi connectivity index (χ2v) is 5.45. The van der Waals surface area contributed by atoms with E-state index in [-0.39, 0.29) is 5.75 Å². The Morgan fingerprint density at radius 3 is 3.13 bits per heavy atom. The fraction of sp³-hybridized carbons (Fsp3) is 0.625. The Kier molecular flexibility index (Phi) is 2.76. The highest BCUT2D eigenvalue weighted by atomic mass is 32.2. The van der Waals surface area contributed by atoms with Crippen molar-refractivity contribution in [1.29, 1.82) is 0 Å². The SMILES string of the molecule is CONCc1cc2n(n1)CCCS2(=O)=O. The highest BCUT2D eigenvalue weighted by Gasteiger charge is 2.25. The third-order valence-electron chi connectivity index (χ3n) is 2.29. The zero-order valence-corrected chi connectivity index (χ0v) is 9.25. The van der Waals surface area contributed by atoms with Crippen LogP contribution in [-0.2, 0) is 27.8 Å². The Hall–Kier alpha value is -0.920. The molecule has 0 saturated carbocycles. The molecule has 0 fully saturated rings. The molecule has 6 nitrogen and oxygen atoms in total. The molecule has 0 spiro atoms. The van der Waals surface area contributed by atoms with E-state index in [1.165, 1.54) is 7.11 Å². The second kappa shape index (κ2) is 3.92. The van der Waals surface area contributed by atoms with Crippen molar-refractivity contribution in [3.05, 3.63) is 11.8 Å². The lowest BCUT2D eigenvalue weighted by molar-refractivity contribution is 0.0857. The van der Waals surface area contributed by atoms with E-state index in [0.717, 1.165) is 0 Å². The van der Waals surface area contributed by atoms with Crippen LogP contribution in [0.15, 0.2) is 11.1 Å². The van der Waals surface area contributed by atoms with Gasteiger partial charge < -0.3 is 4.84 Å². The molecule has 0 aliphatic carbocycles. The number of rotatable bonds is 3. The normalized spacial score (nSPS) is 18.7. The van der Waals surface area contributed by atoms with Gasteiger partial charge in [-0.15, -0.1) is 0 Å². The van der Waals surface area contributed by atoms with Crippen molar-refractivity contribution in [3.63, 3.8) is 0 Å². The van der Waals surface area contributed by atoms with Gasteiger partial charge in [-0.2, -0.15) is 10.6 Å². The summed E-state index contributed by atoms with van der Waals surface area (Å²) in [4.78, 5) is 4.68. The van der Waals surface area contributed by atoms with Crippen LogP contribution in [0, 0.1) is 0 Å². The fourth-order valence-corrected chi connectivity index (χ4v) is 3.09. The Labute approximate surface area is 88.1 Å². The Balaban J connectivity index is 2.30. The standard InChI is InChI=1S/C8H13N3O3S/c1-14-9-6-7-5-8-11(10-7)3-2-4-15(8,12)13/h5,9H,2-4,6H2,1H3. The lowest BCUT2D eigenvalue weighted by atomic mass is 10.4. The third kappa shape index (κ3) is 2.04. The van der Waals surface area contributed by atoms with Crippen molar-refractivity contribution < 1.29 is 13.3 Å². The predicted molar refractivity (Wildman–Crippen MR) is 52.7 cm³/mol. The monoisotopic (exact) mass is 231 g/mol. The van der Waals surface area contributed by atoms with Gasteiger partial charge in [0.15, 0.2) is 14.9 Å². The molecule has 15 heavy (non-hydrogen) atoms. The summed E-state index contributed by atoms with van der Waals surface area (Å²) in [6, 6.07) is 1.60. The van der Waals surface area contributed by atoms with Crippen LogP contribution in [0.1, 0.15) is 12.1 Å². The molecule has 84 valence electrons. The highest BCUT2D eigenvalue weighted by Crippen LogP contribution is 2.19. The minimum absolute atomic E-state index is 0.218. The maximum absolute atomic E-state index is 11.6. The first kappa shape index (κ1) is 10.6. The number of hydroxylamine groups is 1. The van der Waals surface area contributed by atoms with Gasteiger partial charge in [0, 0.05) is 6.54 Å². The number of hydrogen-bond acceptors (Lipinski definition) is 5. The van der Waals surface area contributed by atoms with Gasteiger partial charge in [0.05, 0.1) is 25.1 Å². The number of sulfone groups is 1. The number of hydrogen-bond donors (Lipinski definition) is 1. The van der Waals surface area contributed by atoms with Crippen molar-refractivity contribution in [2.75, 3.05) is 12.9 Å². The topological polar surface area (TPSA) is 73.2 Å². The zero-order chi connectivity index (χ0) is 10.9. The third-order valence-corrected chi connectivity index (χ3v) is 4.08. The van der Waals surface area contributed by atoms with Crippen LogP contribution in [0.3, 0.4) is 0 Å². The molecular formula is C8H13N3O3S. The van der Waals surface area contributed by atoms with E-state index in [9.17, 15) is 8.42 Å². The van der Waals surface area contributed by atoms with E-state index in [1.807, 2.05) is 0 Å². The molecule has 0 saturated heterocycles. The molecular weight excluding hydrogens is 218 g/mol. The summed E-state index contributed by atoms with van der Waals surface area (Å²) in [6.45, 7) is 1.08. The fourth-order valence-electron chi connectivity index (χ4n) is 1.60. The van der Waals surface area contributed by atoms with Crippen molar-refractivity contribution in [3.8, 4) is 0 Å². The molecule has 1 N–H and O–H groups in total. The number of aryl methyl sites for hydroxylation is 1. The van der Waals surface area contributed by atoms with Gasteiger partial charge in [-0.05, 0) is 12.5 Å². The van der Waals surface area contributed by atoms with E-state index in [1.54, 1.807) is 10.7 Å². The van der Waals surface area contributed by atoms with E-state index in [4.69, 9.17) is 0 Å². The number of fused-ring (bicyclic) bond motifs is 1. The Morgan fingerprint density at radius 2 is 2.47 bits per heavy atom. The molecule has 1 aromatic heterocycles. The zero-order valence-electron chi connectivity index (χ0n) is 8.43. The smallest absolute Gasteiger partial charge is 0.195 e. The van der Waals surface area contributed by atoms with Crippen LogP contribution >= 0.6 is 0 Å². The molecule has 0 amide bonds. The van der Waals surface area contributed by atoms with Gasteiger partial charge >= 0.3 is 0 Å². The van der Waals surface area contributed by atoms with E-state index >= 15 is 0 Å². The molecule has 2 rings (SSSR count). The van der Waals surface area contributed by atoms with E-state index in [0.29, 0.717) is 30.2 Å². The minimum Gasteiger partial charge on any atom is -0.305 e. The average Bonchev–Trinajstić information content (AvgIpc) is 2.59. The largest absolute Gasteiger partial charge is 0.305 e. The molecule has 0 bridgehead atoms. The van der Waals surface area contributed by atoms with Crippen LogP contribution in [0.25, 0.3) is 0 Å². The van der Waals surface area contributed by atoms with Gasteiger partial charge in [0.25, 0.3) is 0 Å². The average molecular weight is 231 g/mol. The van der Waals surface area contributed by atoms with Gasteiger partial charge in [0.1, 0.15) is 0 Å². The molecule has 0 atom stereocenters. The second-order valence-electron chi connectivity index (χ2n) is 3.39. The lowest BCUT2D eigenvalue weighted by Crippen LogP contribution is -2.21. The van der Waals surface area contributed by atoms with Crippen LogP contribution in [-0.4, -0.2) is 31.1 Å². The van der Waals surface area contributed by atoms with Crippen LogP contribution in [0.2, 0.25) is 0 Å². The summed E-state index contributed by atoms with van der Waals surface area (Å²) < 4.78 is 24.8. The van der Waals surface area contributed by atoms with Gasteiger partial charge in [0.2, 0.25) is 0 Å². The molecule has 0 aromatic carbocycles. The molecule has 0 unspecified atom stereocenters. The highest BCUT2D eigenvalue weighted by molar-refractivity contribution is 7.91. The summed E-state index contributed by atoms with van der Waals surface area (Å²) in [5, 5.41) is 4.50. The summed E-state index contributed by atoms with van der Waals surface area (Å²) in [5.41, 5.74) is 3.31. The molecule has 1 aromatic rings.